The average molecular weight is 326 g/mol. The van der Waals surface area contributed by atoms with Gasteiger partial charge in [0.1, 0.15) is 12.6 Å². The zero-order valence-electron chi connectivity index (χ0n) is 14.1. The van der Waals surface area contributed by atoms with Crippen LogP contribution in [0.25, 0.3) is 0 Å². The first-order chi connectivity index (χ1) is 11.6. The molecule has 0 N–H and O–H groups in total. The van der Waals surface area contributed by atoms with Gasteiger partial charge >= 0.3 is 0 Å². The summed E-state index contributed by atoms with van der Waals surface area (Å²) in [5.74, 6) is -0.0909. The molecule has 0 bridgehead atoms. The van der Waals surface area contributed by atoms with Gasteiger partial charge in [-0.05, 0) is 31.5 Å². The lowest BCUT2D eigenvalue weighted by atomic mass is 10.1. The van der Waals surface area contributed by atoms with E-state index in [1.54, 1.807) is 32.9 Å². The molecule has 0 aliphatic carbocycles. The minimum absolute atomic E-state index is 0.0434. The molecule has 1 aliphatic rings. The maximum atomic E-state index is 12.8. The molecule has 1 aromatic heterocycles. The van der Waals surface area contributed by atoms with E-state index < -0.39 is 0 Å². The number of rotatable bonds is 4. The Kier molecular flexibility index (Phi) is 4.64. The summed E-state index contributed by atoms with van der Waals surface area (Å²) < 4.78 is 1.67. The van der Waals surface area contributed by atoms with Crippen molar-refractivity contribution in [1.82, 2.24) is 14.7 Å². The van der Waals surface area contributed by atoms with Crippen LogP contribution < -0.4 is 4.90 Å². The molecular formula is C18H22N4O2. The summed E-state index contributed by atoms with van der Waals surface area (Å²) in [4.78, 5) is 28.6. The summed E-state index contributed by atoms with van der Waals surface area (Å²) in [5, 5.41) is 4.17. The van der Waals surface area contributed by atoms with Crippen molar-refractivity contribution in [3.63, 3.8) is 0 Å². The van der Waals surface area contributed by atoms with Gasteiger partial charge in [-0.15, -0.1) is 0 Å². The van der Waals surface area contributed by atoms with Crippen molar-refractivity contribution >= 4 is 17.5 Å². The molecule has 0 spiro atoms. The minimum Gasteiger partial charge on any atom is -0.330 e. The van der Waals surface area contributed by atoms with Gasteiger partial charge in [0.05, 0.1) is 0 Å². The van der Waals surface area contributed by atoms with E-state index in [1.165, 1.54) is 0 Å². The maximum Gasteiger partial charge on any atom is 0.247 e. The summed E-state index contributed by atoms with van der Waals surface area (Å²) >= 11 is 0. The molecule has 0 saturated carbocycles. The standard InChI is InChI=1S/C18H22N4O2/c1-3-16(22-10-4-9-19-22)18(24)20-11-12-21(17(23)13-20)15-7-5-14(2)6-8-15/h4-10,16H,3,11-13H2,1-2H3. The van der Waals surface area contributed by atoms with Crippen LogP contribution in [0.2, 0.25) is 0 Å². The molecule has 2 aromatic rings. The predicted octanol–water partition coefficient (Wildman–Crippen LogP) is 2.02. The van der Waals surface area contributed by atoms with E-state index in [1.807, 2.05) is 38.1 Å². The van der Waals surface area contributed by atoms with Gasteiger partial charge in [0.2, 0.25) is 11.8 Å². The van der Waals surface area contributed by atoms with E-state index in [0.717, 1.165) is 11.3 Å². The van der Waals surface area contributed by atoms with Crippen molar-refractivity contribution in [3.8, 4) is 0 Å². The Morgan fingerprint density at radius 2 is 2.00 bits per heavy atom. The van der Waals surface area contributed by atoms with Gasteiger partial charge in [0, 0.05) is 31.2 Å². The Balaban J connectivity index is 1.69. The van der Waals surface area contributed by atoms with Crippen molar-refractivity contribution < 1.29 is 9.59 Å². The lowest BCUT2D eigenvalue weighted by molar-refractivity contribution is -0.140. The molecule has 0 radical (unpaired) electrons. The minimum atomic E-state index is -0.348. The smallest absolute Gasteiger partial charge is 0.247 e. The topological polar surface area (TPSA) is 58.4 Å². The number of piperazine rings is 1. The van der Waals surface area contributed by atoms with Gasteiger partial charge in [-0.1, -0.05) is 24.6 Å². The number of hydrogen-bond acceptors (Lipinski definition) is 3. The van der Waals surface area contributed by atoms with Crippen LogP contribution >= 0.6 is 0 Å². The molecule has 1 atom stereocenters. The maximum absolute atomic E-state index is 12.8. The van der Waals surface area contributed by atoms with Gasteiger partial charge in [0.15, 0.2) is 0 Å². The molecule has 6 nitrogen and oxygen atoms in total. The molecule has 1 fully saturated rings. The van der Waals surface area contributed by atoms with Crippen LogP contribution in [-0.4, -0.2) is 46.1 Å². The molecule has 3 rings (SSSR count). The number of hydrogen-bond donors (Lipinski definition) is 0. The Morgan fingerprint density at radius 1 is 1.25 bits per heavy atom. The van der Waals surface area contributed by atoms with Crippen LogP contribution in [0.4, 0.5) is 5.69 Å². The molecule has 2 amide bonds. The highest BCUT2D eigenvalue weighted by Gasteiger charge is 2.32. The second-order valence-electron chi connectivity index (χ2n) is 6.05. The lowest BCUT2D eigenvalue weighted by Gasteiger charge is -2.36. The zero-order chi connectivity index (χ0) is 17.1. The second-order valence-corrected chi connectivity index (χ2v) is 6.05. The van der Waals surface area contributed by atoms with Gasteiger partial charge in [-0.3, -0.25) is 14.3 Å². The third-order valence-corrected chi connectivity index (χ3v) is 4.39. The molecule has 24 heavy (non-hydrogen) atoms. The summed E-state index contributed by atoms with van der Waals surface area (Å²) in [6, 6.07) is 9.33. The fraction of sp³-hybridized carbons (Fsp3) is 0.389. The monoisotopic (exact) mass is 326 g/mol. The number of aryl methyl sites for hydroxylation is 1. The van der Waals surface area contributed by atoms with Crippen molar-refractivity contribution in [1.29, 1.82) is 0 Å². The largest absolute Gasteiger partial charge is 0.330 e. The first-order valence-electron chi connectivity index (χ1n) is 8.25. The van der Waals surface area contributed by atoms with E-state index in [4.69, 9.17) is 0 Å². The summed E-state index contributed by atoms with van der Waals surface area (Å²) in [7, 11) is 0. The molecule has 1 unspecified atom stereocenters. The zero-order valence-corrected chi connectivity index (χ0v) is 14.1. The predicted molar refractivity (Wildman–Crippen MR) is 91.7 cm³/mol. The molecule has 1 aromatic carbocycles. The summed E-state index contributed by atoms with van der Waals surface area (Å²) in [6.07, 6.45) is 4.10. The normalized spacial score (nSPS) is 16.3. The van der Waals surface area contributed by atoms with Crippen LogP contribution in [0, 0.1) is 6.92 Å². The second kappa shape index (κ2) is 6.86. The van der Waals surface area contributed by atoms with Gasteiger partial charge in [-0.2, -0.15) is 5.10 Å². The van der Waals surface area contributed by atoms with E-state index in [0.29, 0.717) is 19.5 Å². The molecule has 2 heterocycles. The van der Waals surface area contributed by atoms with Gasteiger partial charge in [0.25, 0.3) is 0 Å². The van der Waals surface area contributed by atoms with E-state index in [-0.39, 0.29) is 24.4 Å². The highest BCUT2D eigenvalue weighted by molar-refractivity contribution is 5.98. The molecule has 6 heteroatoms. The molecular weight excluding hydrogens is 304 g/mol. The Hall–Kier alpha value is -2.63. The quantitative estimate of drug-likeness (QED) is 0.864. The van der Waals surface area contributed by atoms with E-state index >= 15 is 0 Å². The number of amides is 2. The number of aromatic nitrogens is 2. The third-order valence-electron chi connectivity index (χ3n) is 4.39. The Morgan fingerprint density at radius 3 is 2.58 bits per heavy atom. The lowest BCUT2D eigenvalue weighted by Crippen LogP contribution is -2.53. The third kappa shape index (κ3) is 3.18. The number of nitrogens with zero attached hydrogens (tertiary/aromatic N) is 4. The average Bonchev–Trinajstić information content (AvgIpc) is 3.10. The number of anilines is 1. The fourth-order valence-electron chi connectivity index (χ4n) is 3.01. The van der Waals surface area contributed by atoms with E-state index in [9.17, 15) is 9.59 Å². The van der Waals surface area contributed by atoms with Crippen molar-refractivity contribution in [3.05, 3.63) is 48.3 Å². The van der Waals surface area contributed by atoms with Crippen molar-refractivity contribution in [2.45, 2.75) is 26.3 Å². The first kappa shape index (κ1) is 16.2. The summed E-state index contributed by atoms with van der Waals surface area (Å²) in [6.45, 7) is 5.14. The number of carbonyl (C=O) groups excluding carboxylic acids is 2. The van der Waals surface area contributed by atoms with Crippen molar-refractivity contribution in [2.75, 3.05) is 24.5 Å². The van der Waals surface area contributed by atoms with Crippen LogP contribution in [0.1, 0.15) is 24.9 Å². The number of carbonyl (C=O) groups is 2. The highest BCUT2D eigenvalue weighted by Crippen LogP contribution is 2.20. The molecule has 126 valence electrons. The Labute approximate surface area is 141 Å². The first-order valence-corrected chi connectivity index (χ1v) is 8.25. The fourth-order valence-corrected chi connectivity index (χ4v) is 3.01. The van der Waals surface area contributed by atoms with Crippen LogP contribution in [-0.2, 0) is 9.59 Å². The molecule has 1 aliphatic heterocycles. The SMILES string of the molecule is CCC(C(=O)N1CCN(c2ccc(C)cc2)C(=O)C1)n1cccn1. The van der Waals surface area contributed by atoms with Crippen LogP contribution in [0.3, 0.4) is 0 Å². The molecule has 1 saturated heterocycles. The van der Waals surface area contributed by atoms with E-state index in [2.05, 4.69) is 5.10 Å². The van der Waals surface area contributed by atoms with Gasteiger partial charge in [-0.25, -0.2) is 0 Å². The Bertz CT molecular complexity index is 709. The van der Waals surface area contributed by atoms with Gasteiger partial charge < -0.3 is 9.80 Å². The van der Waals surface area contributed by atoms with Crippen LogP contribution in [0.5, 0.6) is 0 Å². The van der Waals surface area contributed by atoms with Crippen molar-refractivity contribution in [2.24, 2.45) is 0 Å². The number of benzene rings is 1. The van der Waals surface area contributed by atoms with Crippen LogP contribution in [0.15, 0.2) is 42.7 Å². The summed E-state index contributed by atoms with van der Waals surface area (Å²) in [5.41, 5.74) is 2.04. The highest BCUT2D eigenvalue weighted by atomic mass is 16.2.